The molecule has 3 rings (SSSR count). The van der Waals surface area contributed by atoms with Gasteiger partial charge in [-0.2, -0.15) is 0 Å². The van der Waals surface area contributed by atoms with Crippen LogP contribution in [-0.2, 0) is 0 Å². The number of aliphatic hydroxyl groups is 1. The molecule has 96 valence electrons. The van der Waals surface area contributed by atoms with Crippen molar-refractivity contribution in [2.75, 3.05) is 0 Å². The first kappa shape index (κ1) is 12.5. The van der Waals surface area contributed by atoms with Crippen molar-refractivity contribution in [2.24, 2.45) is 0 Å². The van der Waals surface area contributed by atoms with Gasteiger partial charge >= 0.3 is 0 Å². The molecular weight excluding hydrogens is 304 g/mol. The molecule has 0 saturated heterocycles. The van der Waals surface area contributed by atoms with Crippen LogP contribution in [-0.4, -0.2) is 5.11 Å². The van der Waals surface area contributed by atoms with Crippen molar-refractivity contribution >= 4 is 26.9 Å². The molecule has 0 saturated carbocycles. The Hall–Kier alpha value is -1.58. The Kier molecular flexibility index (Phi) is 3.17. The number of furan rings is 1. The third-order valence-electron chi connectivity index (χ3n) is 3.27. The number of rotatable bonds is 2. The average Bonchev–Trinajstić information content (AvgIpc) is 2.84. The highest BCUT2D eigenvalue weighted by Gasteiger charge is 2.17. The molecule has 0 amide bonds. The predicted octanol–water partition coefficient (Wildman–Crippen LogP) is 4.59. The number of halogens is 1. The minimum atomic E-state index is -0.736. The van der Waals surface area contributed by atoms with Crippen LogP contribution in [0.25, 0.3) is 11.0 Å². The summed E-state index contributed by atoms with van der Waals surface area (Å²) in [4.78, 5) is 0. The summed E-state index contributed by atoms with van der Waals surface area (Å²) in [5.41, 5.74) is 2.69. The molecule has 1 N–H and O–H groups in total. The lowest BCUT2D eigenvalue weighted by Gasteiger charge is -2.10. The topological polar surface area (TPSA) is 33.4 Å². The van der Waals surface area contributed by atoms with Gasteiger partial charge in [-0.1, -0.05) is 36.4 Å². The van der Waals surface area contributed by atoms with E-state index in [1.54, 1.807) is 0 Å². The summed E-state index contributed by atoms with van der Waals surface area (Å²) in [6.45, 7) is 1.98. The fourth-order valence-corrected chi connectivity index (χ4v) is 2.69. The minimum Gasteiger partial charge on any atom is -0.457 e. The van der Waals surface area contributed by atoms with Gasteiger partial charge in [0.05, 0.1) is 4.47 Å². The third kappa shape index (κ3) is 2.20. The van der Waals surface area contributed by atoms with Crippen LogP contribution >= 0.6 is 15.9 Å². The van der Waals surface area contributed by atoms with E-state index in [-0.39, 0.29) is 0 Å². The van der Waals surface area contributed by atoms with Crippen LogP contribution in [0.2, 0.25) is 0 Å². The Balaban J connectivity index is 2.10. The highest BCUT2D eigenvalue weighted by Crippen LogP contribution is 2.32. The van der Waals surface area contributed by atoms with E-state index in [9.17, 15) is 5.11 Å². The van der Waals surface area contributed by atoms with Crippen LogP contribution in [0.4, 0.5) is 0 Å². The zero-order chi connectivity index (χ0) is 13.4. The number of benzene rings is 2. The van der Waals surface area contributed by atoms with Gasteiger partial charge < -0.3 is 9.52 Å². The van der Waals surface area contributed by atoms with Crippen LogP contribution in [0.1, 0.15) is 23.0 Å². The van der Waals surface area contributed by atoms with Crippen molar-refractivity contribution in [3.05, 3.63) is 69.9 Å². The van der Waals surface area contributed by atoms with Gasteiger partial charge in [0.15, 0.2) is 0 Å². The number of hydrogen-bond donors (Lipinski definition) is 1. The molecule has 0 bridgehead atoms. The van der Waals surface area contributed by atoms with Crippen LogP contribution in [0.5, 0.6) is 0 Å². The number of hydrogen-bond acceptors (Lipinski definition) is 2. The second-order valence-corrected chi connectivity index (χ2v) is 5.42. The van der Waals surface area contributed by atoms with E-state index >= 15 is 0 Å². The van der Waals surface area contributed by atoms with Crippen molar-refractivity contribution in [3.63, 3.8) is 0 Å². The summed E-state index contributed by atoms with van der Waals surface area (Å²) in [7, 11) is 0. The van der Waals surface area contributed by atoms with Gasteiger partial charge in [-0.05, 0) is 46.1 Å². The molecule has 0 fully saturated rings. The molecule has 2 nitrogen and oxygen atoms in total. The van der Waals surface area contributed by atoms with Crippen LogP contribution < -0.4 is 0 Å². The van der Waals surface area contributed by atoms with E-state index in [1.807, 2.05) is 55.5 Å². The van der Waals surface area contributed by atoms with Crippen LogP contribution in [0, 0.1) is 6.92 Å². The van der Waals surface area contributed by atoms with Crippen LogP contribution in [0.3, 0.4) is 0 Å². The second kappa shape index (κ2) is 4.83. The third-order valence-corrected chi connectivity index (χ3v) is 3.89. The summed E-state index contributed by atoms with van der Waals surface area (Å²) in [6, 6.07) is 15.5. The normalized spacial score (nSPS) is 12.8. The first-order valence-corrected chi connectivity index (χ1v) is 6.87. The SMILES string of the molecule is Cc1ccccc1C(O)c1cc2cccc(Br)c2o1. The molecule has 1 unspecified atom stereocenters. The molecule has 0 spiro atoms. The van der Waals surface area contributed by atoms with Crippen molar-refractivity contribution in [1.82, 2.24) is 0 Å². The predicted molar refractivity (Wildman–Crippen MR) is 79.2 cm³/mol. The Bertz CT molecular complexity index is 730. The molecule has 1 aromatic heterocycles. The Morgan fingerprint density at radius 3 is 2.63 bits per heavy atom. The van der Waals surface area contributed by atoms with Crippen molar-refractivity contribution in [3.8, 4) is 0 Å². The fraction of sp³-hybridized carbons (Fsp3) is 0.125. The molecule has 0 aliphatic carbocycles. The van der Waals surface area contributed by atoms with Gasteiger partial charge in [-0.3, -0.25) is 0 Å². The number of fused-ring (bicyclic) bond motifs is 1. The highest BCUT2D eigenvalue weighted by molar-refractivity contribution is 9.10. The maximum absolute atomic E-state index is 10.5. The monoisotopic (exact) mass is 316 g/mol. The maximum Gasteiger partial charge on any atom is 0.148 e. The summed E-state index contributed by atoms with van der Waals surface area (Å²) < 4.78 is 6.67. The number of aliphatic hydroxyl groups excluding tert-OH is 1. The first-order chi connectivity index (χ1) is 9.16. The Morgan fingerprint density at radius 1 is 1.11 bits per heavy atom. The molecule has 2 aromatic carbocycles. The largest absolute Gasteiger partial charge is 0.457 e. The van der Waals surface area contributed by atoms with E-state index in [0.717, 1.165) is 26.6 Å². The maximum atomic E-state index is 10.5. The molecule has 1 atom stereocenters. The van der Waals surface area contributed by atoms with E-state index in [4.69, 9.17) is 4.42 Å². The Labute approximate surface area is 119 Å². The number of aryl methyl sites for hydroxylation is 1. The number of para-hydroxylation sites is 1. The summed E-state index contributed by atoms with van der Waals surface area (Å²) in [5, 5.41) is 11.4. The lowest BCUT2D eigenvalue weighted by Crippen LogP contribution is -2.00. The second-order valence-electron chi connectivity index (χ2n) is 4.57. The van der Waals surface area contributed by atoms with Gasteiger partial charge in [0.25, 0.3) is 0 Å². The molecular formula is C16H13BrO2. The van der Waals surface area contributed by atoms with E-state index in [2.05, 4.69) is 15.9 Å². The van der Waals surface area contributed by atoms with E-state index in [1.165, 1.54) is 0 Å². The molecule has 0 aliphatic rings. The first-order valence-electron chi connectivity index (χ1n) is 6.08. The van der Waals surface area contributed by atoms with Crippen molar-refractivity contribution < 1.29 is 9.52 Å². The lowest BCUT2D eigenvalue weighted by atomic mass is 10.0. The summed E-state index contributed by atoms with van der Waals surface area (Å²) >= 11 is 3.45. The van der Waals surface area contributed by atoms with Crippen LogP contribution in [0.15, 0.2) is 57.4 Å². The van der Waals surface area contributed by atoms with Gasteiger partial charge in [-0.25, -0.2) is 0 Å². The molecule has 3 heteroatoms. The van der Waals surface area contributed by atoms with Gasteiger partial charge in [0.2, 0.25) is 0 Å². The quantitative estimate of drug-likeness (QED) is 0.750. The van der Waals surface area contributed by atoms with Crippen molar-refractivity contribution in [1.29, 1.82) is 0 Å². The summed E-state index contributed by atoms with van der Waals surface area (Å²) in [6.07, 6.45) is -0.736. The van der Waals surface area contributed by atoms with E-state index in [0.29, 0.717) is 5.76 Å². The standard InChI is InChI=1S/C16H13BrO2/c1-10-5-2-3-7-12(10)15(18)14-9-11-6-4-8-13(17)16(11)19-14/h2-9,15,18H,1H3. The van der Waals surface area contributed by atoms with Gasteiger partial charge in [-0.15, -0.1) is 0 Å². The van der Waals surface area contributed by atoms with E-state index < -0.39 is 6.10 Å². The van der Waals surface area contributed by atoms with Crippen molar-refractivity contribution in [2.45, 2.75) is 13.0 Å². The molecule has 3 aromatic rings. The molecule has 0 aliphatic heterocycles. The highest BCUT2D eigenvalue weighted by atomic mass is 79.9. The summed E-state index contributed by atoms with van der Waals surface area (Å²) in [5.74, 6) is 0.566. The average molecular weight is 317 g/mol. The molecule has 19 heavy (non-hydrogen) atoms. The smallest absolute Gasteiger partial charge is 0.148 e. The molecule has 1 heterocycles. The minimum absolute atomic E-state index is 0.566. The fourth-order valence-electron chi connectivity index (χ4n) is 2.23. The molecule has 0 radical (unpaired) electrons. The zero-order valence-corrected chi connectivity index (χ0v) is 12.0. The van der Waals surface area contributed by atoms with Gasteiger partial charge in [0.1, 0.15) is 17.4 Å². The zero-order valence-electron chi connectivity index (χ0n) is 10.4. The lowest BCUT2D eigenvalue weighted by molar-refractivity contribution is 0.191. The van der Waals surface area contributed by atoms with Gasteiger partial charge in [0, 0.05) is 5.39 Å². The Morgan fingerprint density at radius 2 is 1.89 bits per heavy atom.